The molecule has 0 aliphatic heterocycles. The van der Waals surface area contributed by atoms with Crippen molar-refractivity contribution in [1.82, 2.24) is 0 Å². The van der Waals surface area contributed by atoms with Crippen molar-refractivity contribution in [3.63, 3.8) is 0 Å². The van der Waals surface area contributed by atoms with E-state index in [1.54, 1.807) is 6.92 Å². The molecule has 7 heteroatoms. The maximum Gasteiger partial charge on any atom is 0.339 e. The summed E-state index contributed by atoms with van der Waals surface area (Å²) in [5, 5.41) is 18.8. The molecule has 1 aromatic carbocycles. The number of aromatic carboxylic acids is 1. The fraction of sp³-hybridized carbons (Fsp3) is 0.353. The maximum absolute atomic E-state index is 12.1. The van der Waals surface area contributed by atoms with Crippen LogP contribution < -0.4 is 0 Å². The quantitative estimate of drug-likeness (QED) is 0.421. The van der Waals surface area contributed by atoms with E-state index in [1.807, 2.05) is 0 Å². The number of esters is 2. The molecular formula is C17H20O7. The van der Waals surface area contributed by atoms with E-state index in [9.17, 15) is 24.6 Å². The number of aliphatic hydroxyl groups excluding tert-OH is 1. The van der Waals surface area contributed by atoms with Gasteiger partial charge in [0.1, 0.15) is 13.2 Å². The summed E-state index contributed by atoms with van der Waals surface area (Å²) in [5.41, 5.74) is 0.0289. The molecule has 130 valence electrons. The zero-order valence-corrected chi connectivity index (χ0v) is 13.5. The van der Waals surface area contributed by atoms with E-state index < -0.39 is 24.0 Å². The summed E-state index contributed by atoms with van der Waals surface area (Å²) in [4.78, 5) is 34.6. The number of hydrogen-bond acceptors (Lipinski definition) is 6. The third-order valence-corrected chi connectivity index (χ3v) is 2.96. The van der Waals surface area contributed by atoms with E-state index in [1.165, 1.54) is 37.3 Å². The number of carbonyl (C=O) groups excluding carboxylic acids is 2. The lowest BCUT2D eigenvalue weighted by Crippen LogP contribution is -2.18. The van der Waals surface area contributed by atoms with Crippen LogP contribution in [0.15, 0.2) is 30.4 Å². The molecule has 7 nitrogen and oxygen atoms in total. The second-order valence-corrected chi connectivity index (χ2v) is 5.00. The molecule has 1 unspecified atom stereocenters. The maximum atomic E-state index is 12.1. The van der Waals surface area contributed by atoms with Gasteiger partial charge in [-0.1, -0.05) is 18.2 Å². The summed E-state index contributed by atoms with van der Waals surface area (Å²) in [5.74, 6) is -2.67. The fourth-order valence-electron chi connectivity index (χ4n) is 2.05. The van der Waals surface area contributed by atoms with Crippen molar-refractivity contribution in [2.24, 2.45) is 0 Å². The number of hydrogen-bond donors (Lipinski definition) is 2. The first kappa shape index (κ1) is 19.4. The zero-order chi connectivity index (χ0) is 18.1. The first-order valence-electron chi connectivity index (χ1n) is 7.36. The van der Waals surface area contributed by atoms with Gasteiger partial charge in [0.05, 0.1) is 17.2 Å². The molecule has 0 spiro atoms. The van der Waals surface area contributed by atoms with Gasteiger partial charge in [-0.05, 0) is 31.9 Å². The molecule has 24 heavy (non-hydrogen) atoms. The topological polar surface area (TPSA) is 110 Å². The average Bonchev–Trinajstić information content (AvgIpc) is 2.50. The van der Waals surface area contributed by atoms with Crippen LogP contribution in [-0.4, -0.2) is 47.4 Å². The van der Waals surface area contributed by atoms with Crippen LogP contribution in [-0.2, 0) is 20.7 Å². The minimum Gasteiger partial charge on any atom is -0.478 e. The van der Waals surface area contributed by atoms with Gasteiger partial charge in [0, 0.05) is 6.08 Å². The summed E-state index contributed by atoms with van der Waals surface area (Å²) in [6, 6.07) is 4.39. The number of benzene rings is 1. The second kappa shape index (κ2) is 9.46. The van der Waals surface area contributed by atoms with Crippen LogP contribution in [0.3, 0.4) is 0 Å². The largest absolute Gasteiger partial charge is 0.478 e. The van der Waals surface area contributed by atoms with E-state index in [4.69, 9.17) is 9.47 Å². The minimum atomic E-state index is -1.28. The highest BCUT2D eigenvalue weighted by Crippen LogP contribution is 2.18. The molecule has 0 aliphatic rings. The van der Waals surface area contributed by atoms with Crippen LogP contribution in [0.1, 0.15) is 40.1 Å². The number of aliphatic hydroxyl groups is 1. The monoisotopic (exact) mass is 336 g/mol. The number of carboxylic acids is 1. The van der Waals surface area contributed by atoms with Gasteiger partial charge >= 0.3 is 17.9 Å². The third kappa shape index (κ3) is 5.85. The number of carbonyl (C=O) groups is 3. The van der Waals surface area contributed by atoms with Crippen molar-refractivity contribution in [3.05, 3.63) is 47.0 Å². The molecule has 0 radical (unpaired) electrons. The lowest BCUT2D eigenvalue weighted by molar-refractivity contribution is -0.138. The van der Waals surface area contributed by atoms with E-state index in [2.05, 4.69) is 0 Å². The molecule has 0 fully saturated rings. The summed E-state index contributed by atoms with van der Waals surface area (Å²) < 4.78 is 9.71. The summed E-state index contributed by atoms with van der Waals surface area (Å²) in [6.45, 7) is 2.86. The normalized spacial score (nSPS) is 12.0. The highest BCUT2D eigenvalue weighted by molar-refractivity contribution is 6.03. The van der Waals surface area contributed by atoms with Gasteiger partial charge in [-0.25, -0.2) is 14.4 Å². The third-order valence-electron chi connectivity index (χ3n) is 2.96. The Bertz CT molecular complexity index is 632. The molecule has 1 atom stereocenters. The van der Waals surface area contributed by atoms with Crippen LogP contribution >= 0.6 is 0 Å². The Kier molecular flexibility index (Phi) is 7.64. The Morgan fingerprint density at radius 1 is 1.21 bits per heavy atom. The van der Waals surface area contributed by atoms with E-state index >= 15 is 0 Å². The van der Waals surface area contributed by atoms with Crippen molar-refractivity contribution in [1.29, 1.82) is 0 Å². The number of carboxylic acid groups (broad SMARTS) is 1. The molecule has 0 saturated carbocycles. The number of rotatable bonds is 8. The van der Waals surface area contributed by atoms with Gasteiger partial charge < -0.3 is 19.7 Å². The first-order valence-corrected chi connectivity index (χ1v) is 7.36. The molecule has 1 rings (SSSR count). The van der Waals surface area contributed by atoms with Gasteiger partial charge in [0.2, 0.25) is 0 Å². The number of ether oxygens (including phenoxy) is 2. The molecule has 0 aromatic heterocycles. The van der Waals surface area contributed by atoms with Crippen LogP contribution in [0.4, 0.5) is 0 Å². The average molecular weight is 336 g/mol. The Labute approximate surface area is 139 Å². The SMILES string of the molecule is CC=CC(=O)OCCOC(=O)c1cccc(CC(C)O)c1C(=O)O. The minimum absolute atomic E-state index is 0.101. The van der Waals surface area contributed by atoms with Crippen LogP contribution in [0.2, 0.25) is 0 Å². The predicted molar refractivity (Wildman–Crippen MR) is 84.8 cm³/mol. The van der Waals surface area contributed by atoms with Crippen molar-refractivity contribution in [2.75, 3.05) is 13.2 Å². The van der Waals surface area contributed by atoms with Crippen molar-refractivity contribution in [2.45, 2.75) is 26.4 Å². The van der Waals surface area contributed by atoms with E-state index in [-0.39, 0.29) is 30.8 Å². The molecule has 0 aliphatic carbocycles. The first-order chi connectivity index (χ1) is 11.4. The summed E-state index contributed by atoms with van der Waals surface area (Å²) in [7, 11) is 0. The van der Waals surface area contributed by atoms with E-state index in [0.717, 1.165) is 0 Å². The molecular weight excluding hydrogens is 316 g/mol. The summed E-state index contributed by atoms with van der Waals surface area (Å²) >= 11 is 0. The molecule has 0 heterocycles. The standard InChI is InChI=1S/C17H20O7/c1-3-5-14(19)23-8-9-24-17(22)13-7-4-6-12(10-11(2)18)15(13)16(20)21/h3-7,11,18H,8-10H2,1-2H3,(H,20,21). The van der Waals surface area contributed by atoms with Crippen molar-refractivity contribution >= 4 is 17.9 Å². The molecule has 2 N–H and O–H groups in total. The highest BCUT2D eigenvalue weighted by Gasteiger charge is 2.22. The van der Waals surface area contributed by atoms with Gasteiger partial charge in [-0.3, -0.25) is 0 Å². The van der Waals surface area contributed by atoms with Crippen LogP contribution in [0.5, 0.6) is 0 Å². The van der Waals surface area contributed by atoms with Gasteiger partial charge in [0.25, 0.3) is 0 Å². The molecule has 0 saturated heterocycles. The molecule has 0 bridgehead atoms. The molecule has 1 aromatic rings. The number of allylic oxidation sites excluding steroid dienone is 1. The smallest absolute Gasteiger partial charge is 0.339 e. The second-order valence-electron chi connectivity index (χ2n) is 5.00. The Morgan fingerprint density at radius 3 is 2.46 bits per heavy atom. The lowest BCUT2D eigenvalue weighted by Gasteiger charge is -2.12. The predicted octanol–water partition coefficient (Wildman–Crippen LogP) is 1.58. The van der Waals surface area contributed by atoms with Crippen molar-refractivity contribution in [3.8, 4) is 0 Å². The lowest BCUT2D eigenvalue weighted by atomic mass is 9.97. The van der Waals surface area contributed by atoms with Crippen LogP contribution in [0, 0.1) is 0 Å². The summed E-state index contributed by atoms with van der Waals surface area (Å²) in [6.07, 6.45) is 2.09. The Hall–Kier alpha value is -2.67. The zero-order valence-electron chi connectivity index (χ0n) is 13.5. The van der Waals surface area contributed by atoms with Gasteiger partial charge in [-0.15, -0.1) is 0 Å². The van der Waals surface area contributed by atoms with Crippen LogP contribution in [0.25, 0.3) is 0 Å². The Morgan fingerprint density at radius 2 is 1.88 bits per heavy atom. The van der Waals surface area contributed by atoms with Gasteiger partial charge in [-0.2, -0.15) is 0 Å². The molecule has 0 amide bonds. The Balaban J connectivity index is 2.79. The van der Waals surface area contributed by atoms with Crippen molar-refractivity contribution < 1.29 is 34.1 Å². The fourth-order valence-corrected chi connectivity index (χ4v) is 2.05. The highest BCUT2D eigenvalue weighted by atomic mass is 16.6. The van der Waals surface area contributed by atoms with E-state index in [0.29, 0.717) is 5.56 Å². The van der Waals surface area contributed by atoms with Gasteiger partial charge in [0.15, 0.2) is 0 Å².